The van der Waals surface area contributed by atoms with Crippen molar-refractivity contribution in [3.63, 3.8) is 0 Å². The second-order valence-corrected chi connectivity index (χ2v) is 6.20. The summed E-state index contributed by atoms with van der Waals surface area (Å²) in [5, 5.41) is 10.5. The van der Waals surface area contributed by atoms with Gasteiger partial charge in [-0.1, -0.05) is 29.4 Å². The van der Waals surface area contributed by atoms with E-state index in [1.54, 1.807) is 6.26 Å². The van der Waals surface area contributed by atoms with Crippen molar-refractivity contribution in [2.45, 2.75) is 26.6 Å². The number of hydrogen-bond acceptors (Lipinski definition) is 5. The topological polar surface area (TPSA) is 74.9 Å². The van der Waals surface area contributed by atoms with Crippen molar-refractivity contribution >= 4 is 5.96 Å². The summed E-state index contributed by atoms with van der Waals surface area (Å²) in [7, 11) is 0. The molecule has 1 aliphatic rings. The van der Waals surface area contributed by atoms with Crippen LogP contribution in [0.25, 0.3) is 0 Å². The number of nitrogens with one attached hydrogen (secondary N) is 2. The fourth-order valence-corrected chi connectivity index (χ4v) is 2.88. The predicted octanol–water partition coefficient (Wildman–Crippen LogP) is 1.76. The molecule has 0 aliphatic carbocycles. The molecule has 1 aromatic carbocycles. The molecule has 140 valence electrons. The SMILES string of the molecule is CCNC(=NCc1ccccc1CN1CCOCC1)NCc1ccon1. The number of aromatic nitrogens is 1. The second-order valence-electron chi connectivity index (χ2n) is 6.20. The van der Waals surface area contributed by atoms with Crippen molar-refractivity contribution < 1.29 is 9.26 Å². The van der Waals surface area contributed by atoms with Gasteiger partial charge < -0.3 is 19.9 Å². The minimum absolute atomic E-state index is 0.581. The Bertz CT molecular complexity index is 681. The fourth-order valence-electron chi connectivity index (χ4n) is 2.88. The average Bonchev–Trinajstić information content (AvgIpc) is 3.19. The summed E-state index contributed by atoms with van der Waals surface area (Å²) in [4.78, 5) is 7.16. The Balaban J connectivity index is 1.62. The highest BCUT2D eigenvalue weighted by Crippen LogP contribution is 2.14. The Morgan fingerprint density at radius 1 is 1.15 bits per heavy atom. The lowest BCUT2D eigenvalue weighted by Crippen LogP contribution is -2.37. The van der Waals surface area contributed by atoms with Crippen molar-refractivity contribution in [2.75, 3.05) is 32.8 Å². The summed E-state index contributed by atoms with van der Waals surface area (Å²) in [5.41, 5.74) is 3.42. The smallest absolute Gasteiger partial charge is 0.191 e. The standard InChI is InChI=1S/C19H27N5O2/c1-2-20-19(22-14-18-7-10-26-23-18)21-13-16-5-3-4-6-17(16)15-24-8-11-25-12-9-24/h3-7,10H,2,8-9,11-15H2,1H3,(H2,20,21,22). The second kappa shape index (κ2) is 9.94. The van der Waals surface area contributed by atoms with Gasteiger partial charge in [0.1, 0.15) is 12.0 Å². The van der Waals surface area contributed by atoms with Crippen molar-refractivity contribution in [2.24, 2.45) is 4.99 Å². The van der Waals surface area contributed by atoms with Crippen LogP contribution >= 0.6 is 0 Å². The van der Waals surface area contributed by atoms with Crippen molar-refractivity contribution in [1.82, 2.24) is 20.7 Å². The van der Waals surface area contributed by atoms with Crippen molar-refractivity contribution in [1.29, 1.82) is 0 Å². The van der Waals surface area contributed by atoms with Gasteiger partial charge in [-0.25, -0.2) is 4.99 Å². The lowest BCUT2D eigenvalue weighted by Gasteiger charge is -2.27. The first-order chi connectivity index (χ1) is 12.8. The summed E-state index contributed by atoms with van der Waals surface area (Å²) in [6.45, 7) is 8.62. The highest BCUT2D eigenvalue weighted by molar-refractivity contribution is 5.79. The summed E-state index contributed by atoms with van der Waals surface area (Å²) in [6.07, 6.45) is 1.57. The monoisotopic (exact) mass is 357 g/mol. The first kappa shape index (κ1) is 18.4. The minimum Gasteiger partial charge on any atom is -0.379 e. The Kier molecular flexibility index (Phi) is 7.04. The first-order valence-electron chi connectivity index (χ1n) is 9.13. The number of nitrogens with zero attached hydrogens (tertiary/aromatic N) is 3. The normalized spacial score (nSPS) is 15.8. The molecule has 7 heteroatoms. The Hall–Kier alpha value is -2.38. The molecular formula is C19H27N5O2. The third-order valence-corrected chi connectivity index (χ3v) is 4.30. The zero-order chi connectivity index (χ0) is 18.0. The number of aliphatic imine (C=N–C) groups is 1. The van der Waals surface area contributed by atoms with Gasteiger partial charge in [0.2, 0.25) is 0 Å². The number of benzene rings is 1. The molecule has 0 saturated carbocycles. The molecule has 0 radical (unpaired) electrons. The van der Waals surface area contributed by atoms with Gasteiger partial charge in [-0.05, 0) is 18.1 Å². The van der Waals surface area contributed by atoms with E-state index in [0.29, 0.717) is 13.1 Å². The summed E-state index contributed by atoms with van der Waals surface area (Å²) < 4.78 is 10.3. The molecule has 1 aliphatic heterocycles. The molecule has 0 unspecified atom stereocenters. The van der Waals surface area contributed by atoms with Crippen LogP contribution in [-0.4, -0.2) is 48.9 Å². The van der Waals surface area contributed by atoms with Crippen LogP contribution in [0.3, 0.4) is 0 Å². The number of guanidine groups is 1. The van der Waals surface area contributed by atoms with E-state index in [-0.39, 0.29) is 0 Å². The summed E-state index contributed by atoms with van der Waals surface area (Å²) in [5.74, 6) is 0.775. The number of rotatable bonds is 7. The van der Waals surface area contributed by atoms with Gasteiger partial charge in [0.05, 0.1) is 26.3 Å². The highest BCUT2D eigenvalue weighted by Gasteiger charge is 2.12. The summed E-state index contributed by atoms with van der Waals surface area (Å²) >= 11 is 0. The third kappa shape index (κ3) is 5.57. The maximum absolute atomic E-state index is 5.44. The molecule has 2 N–H and O–H groups in total. The summed E-state index contributed by atoms with van der Waals surface area (Å²) in [6, 6.07) is 10.4. The molecular weight excluding hydrogens is 330 g/mol. The van der Waals surface area contributed by atoms with Crippen LogP contribution in [0.15, 0.2) is 46.1 Å². The molecule has 3 rings (SSSR count). The van der Waals surface area contributed by atoms with E-state index < -0.39 is 0 Å². The van der Waals surface area contributed by atoms with Crippen LogP contribution in [0.5, 0.6) is 0 Å². The van der Waals surface area contributed by atoms with Crippen LogP contribution in [-0.2, 0) is 24.4 Å². The van der Waals surface area contributed by atoms with Gasteiger partial charge >= 0.3 is 0 Å². The molecule has 1 aromatic heterocycles. The maximum Gasteiger partial charge on any atom is 0.191 e. The van der Waals surface area contributed by atoms with E-state index in [1.807, 2.05) is 6.07 Å². The Morgan fingerprint density at radius 3 is 2.69 bits per heavy atom. The van der Waals surface area contributed by atoms with E-state index >= 15 is 0 Å². The van der Waals surface area contributed by atoms with Crippen LogP contribution < -0.4 is 10.6 Å². The zero-order valence-electron chi connectivity index (χ0n) is 15.3. The van der Waals surface area contributed by atoms with Crippen molar-refractivity contribution in [3.8, 4) is 0 Å². The third-order valence-electron chi connectivity index (χ3n) is 4.30. The van der Waals surface area contributed by atoms with E-state index in [4.69, 9.17) is 14.3 Å². The predicted molar refractivity (Wildman–Crippen MR) is 101 cm³/mol. The van der Waals surface area contributed by atoms with Crippen molar-refractivity contribution in [3.05, 3.63) is 53.4 Å². The zero-order valence-corrected chi connectivity index (χ0v) is 15.3. The largest absolute Gasteiger partial charge is 0.379 e. The van der Waals surface area contributed by atoms with Gasteiger partial charge in [-0.3, -0.25) is 4.90 Å². The maximum atomic E-state index is 5.44. The number of hydrogen-bond donors (Lipinski definition) is 2. The average molecular weight is 357 g/mol. The molecule has 26 heavy (non-hydrogen) atoms. The molecule has 0 spiro atoms. The minimum atomic E-state index is 0.581. The molecule has 2 heterocycles. The van der Waals surface area contributed by atoms with Crippen LogP contribution in [0.4, 0.5) is 0 Å². The lowest BCUT2D eigenvalue weighted by molar-refractivity contribution is 0.0341. The molecule has 7 nitrogen and oxygen atoms in total. The van der Waals surface area contributed by atoms with Crippen LogP contribution in [0.2, 0.25) is 0 Å². The molecule has 0 amide bonds. The van der Waals surface area contributed by atoms with Crippen LogP contribution in [0, 0.1) is 0 Å². The van der Waals surface area contributed by atoms with E-state index in [0.717, 1.165) is 51.0 Å². The Morgan fingerprint density at radius 2 is 1.96 bits per heavy atom. The van der Waals surface area contributed by atoms with Gasteiger partial charge in [0.15, 0.2) is 5.96 Å². The van der Waals surface area contributed by atoms with Gasteiger partial charge in [-0.2, -0.15) is 0 Å². The van der Waals surface area contributed by atoms with Gasteiger partial charge in [-0.15, -0.1) is 0 Å². The fraction of sp³-hybridized carbons (Fsp3) is 0.474. The van der Waals surface area contributed by atoms with Crippen LogP contribution in [0.1, 0.15) is 23.7 Å². The lowest BCUT2D eigenvalue weighted by atomic mass is 10.1. The molecule has 1 fully saturated rings. The van der Waals surface area contributed by atoms with Gasteiger partial charge in [0.25, 0.3) is 0 Å². The number of morpholine rings is 1. The molecule has 0 atom stereocenters. The van der Waals surface area contributed by atoms with Gasteiger partial charge in [0, 0.05) is 32.2 Å². The first-order valence-corrected chi connectivity index (χ1v) is 9.13. The highest BCUT2D eigenvalue weighted by atomic mass is 16.5. The quantitative estimate of drug-likeness (QED) is 0.581. The number of ether oxygens (including phenoxy) is 1. The molecule has 0 bridgehead atoms. The van der Waals surface area contributed by atoms with E-state index in [9.17, 15) is 0 Å². The molecule has 2 aromatic rings. The van der Waals surface area contributed by atoms with E-state index in [2.05, 4.69) is 51.9 Å². The molecule has 1 saturated heterocycles. The van der Waals surface area contributed by atoms with E-state index in [1.165, 1.54) is 11.1 Å². The Labute approximate surface area is 154 Å².